The molecule has 5 heteroatoms. The van der Waals surface area contributed by atoms with Crippen molar-refractivity contribution < 1.29 is 4.79 Å². The van der Waals surface area contributed by atoms with E-state index in [-0.39, 0.29) is 5.91 Å². The van der Waals surface area contributed by atoms with Gasteiger partial charge >= 0.3 is 0 Å². The number of anilines is 1. The number of nitrogens with zero attached hydrogens (tertiary/aromatic N) is 1. The zero-order chi connectivity index (χ0) is 15.0. The molecule has 0 unspecified atom stereocenters. The van der Waals surface area contributed by atoms with E-state index < -0.39 is 0 Å². The van der Waals surface area contributed by atoms with E-state index in [4.69, 9.17) is 5.84 Å². The second-order valence-electron chi connectivity index (χ2n) is 5.26. The first-order chi connectivity index (χ1) is 9.54. The molecule has 4 N–H and O–H groups in total. The van der Waals surface area contributed by atoms with Crippen molar-refractivity contribution in [3.63, 3.8) is 0 Å². The lowest BCUT2D eigenvalue weighted by atomic mass is 10.2. The number of nitrogens with two attached hydrogens (primary N) is 1. The maximum atomic E-state index is 11.9. The van der Waals surface area contributed by atoms with Crippen molar-refractivity contribution >= 4 is 11.6 Å². The van der Waals surface area contributed by atoms with Crippen molar-refractivity contribution in [3.8, 4) is 0 Å². The molecule has 0 fully saturated rings. The lowest BCUT2D eigenvalue weighted by Crippen LogP contribution is -2.29. The fourth-order valence-electron chi connectivity index (χ4n) is 1.77. The molecule has 0 heterocycles. The van der Waals surface area contributed by atoms with Crippen LogP contribution in [0, 0.1) is 0 Å². The Morgan fingerprint density at radius 2 is 1.90 bits per heavy atom. The van der Waals surface area contributed by atoms with Gasteiger partial charge in [-0.2, -0.15) is 0 Å². The van der Waals surface area contributed by atoms with E-state index in [0.717, 1.165) is 25.1 Å². The number of carbonyl (C=O) groups is 1. The Morgan fingerprint density at radius 1 is 1.25 bits per heavy atom. The topological polar surface area (TPSA) is 70.4 Å². The maximum absolute atomic E-state index is 11.9. The van der Waals surface area contributed by atoms with Crippen molar-refractivity contribution in [2.24, 2.45) is 5.84 Å². The SMILES string of the molecule is CC(C)N(C)CCCCNC(=O)c1ccc(NN)cc1. The van der Waals surface area contributed by atoms with Gasteiger partial charge in [0.15, 0.2) is 0 Å². The zero-order valence-corrected chi connectivity index (χ0v) is 12.6. The molecule has 5 nitrogen and oxygen atoms in total. The fourth-order valence-corrected chi connectivity index (χ4v) is 1.77. The molecule has 0 bridgehead atoms. The predicted molar refractivity (Wildman–Crippen MR) is 83.6 cm³/mol. The summed E-state index contributed by atoms with van der Waals surface area (Å²) in [5.41, 5.74) is 3.98. The van der Waals surface area contributed by atoms with Crippen molar-refractivity contribution in [1.29, 1.82) is 0 Å². The Morgan fingerprint density at radius 3 is 2.45 bits per heavy atom. The average molecular weight is 278 g/mol. The number of carbonyl (C=O) groups excluding carboxylic acids is 1. The summed E-state index contributed by atoms with van der Waals surface area (Å²) in [4.78, 5) is 14.2. The molecule has 0 saturated heterocycles. The summed E-state index contributed by atoms with van der Waals surface area (Å²) >= 11 is 0. The van der Waals surface area contributed by atoms with Crippen LogP contribution in [0.1, 0.15) is 37.0 Å². The molecule has 1 amide bonds. The molecule has 0 aliphatic heterocycles. The summed E-state index contributed by atoms with van der Waals surface area (Å²) in [5, 5.41) is 2.93. The summed E-state index contributed by atoms with van der Waals surface area (Å²) in [6.07, 6.45) is 2.08. The number of hydrogen-bond acceptors (Lipinski definition) is 4. The van der Waals surface area contributed by atoms with Crippen LogP contribution in [0.3, 0.4) is 0 Å². The van der Waals surface area contributed by atoms with Crippen molar-refractivity contribution in [2.75, 3.05) is 25.6 Å². The minimum atomic E-state index is -0.0363. The van der Waals surface area contributed by atoms with E-state index in [2.05, 4.69) is 36.5 Å². The van der Waals surface area contributed by atoms with Crippen LogP contribution in [0.4, 0.5) is 5.69 Å². The first-order valence-corrected chi connectivity index (χ1v) is 7.09. The molecule has 112 valence electrons. The lowest BCUT2D eigenvalue weighted by molar-refractivity contribution is 0.0952. The van der Waals surface area contributed by atoms with Crippen LogP contribution in [-0.4, -0.2) is 37.0 Å². The maximum Gasteiger partial charge on any atom is 0.251 e. The van der Waals surface area contributed by atoms with E-state index in [1.54, 1.807) is 24.3 Å². The highest BCUT2D eigenvalue weighted by Crippen LogP contribution is 2.07. The highest BCUT2D eigenvalue weighted by atomic mass is 16.1. The van der Waals surface area contributed by atoms with Crippen LogP contribution in [-0.2, 0) is 0 Å². The van der Waals surface area contributed by atoms with Crippen molar-refractivity contribution in [1.82, 2.24) is 10.2 Å². The molecule has 0 aliphatic carbocycles. The van der Waals surface area contributed by atoms with Gasteiger partial charge in [0.25, 0.3) is 5.91 Å². The minimum Gasteiger partial charge on any atom is -0.352 e. The molecular formula is C15H26N4O. The predicted octanol–water partition coefficient (Wildman–Crippen LogP) is 1.82. The van der Waals surface area contributed by atoms with Gasteiger partial charge < -0.3 is 15.6 Å². The Kier molecular flexibility index (Phi) is 7.04. The first-order valence-electron chi connectivity index (χ1n) is 7.09. The molecule has 0 atom stereocenters. The normalized spacial score (nSPS) is 10.9. The van der Waals surface area contributed by atoms with Gasteiger partial charge in [-0.3, -0.25) is 10.6 Å². The van der Waals surface area contributed by atoms with Crippen LogP contribution >= 0.6 is 0 Å². The Bertz CT molecular complexity index is 403. The summed E-state index contributed by atoms with van der Waals surface area (Å²) in [6, 6.07) is 7.66. The molecular weight excluding hydrogens is 252 g/mol. The first kappa shape index (κ1) is 16.5. The van der Waals surface area contributed by atoms with Gasteiger partial charge in [-0.05, 0) is 64.5 Å². The molecule has 1 aromatic carbocycles. The molecule has 0 aromatic heterocycles. The van der Waals surface area contributed by atoms with Gasteiger partial charge in [0.1, 0.15) is 0 Å². The Hall–Kier alpha value is -1.59. The minimum absolute atomic E-state index is 0.0363. The summed E-state index contributed by atoms with van der Waals surface area (Å²) in [6.45, 7) is 6.13. The Labute approximate surface area is 121 Å². The van der Waals surface area contributed by atoms with Crippen LogP contribution < -0.4 is 16.6 Å². The molecule has 20 heavy (non-hydrogen) atoms. The largest absolute Gasteiger partial charge is 0.352 e. The third kappa shape index (κ3) is 5.59. The molecule has 0 aliphatic rings. The van der Waals surface area contributed by atoms with Gasteiger partial charge in [-0.15, -0.1) is 0 Å². The van der Waals surface area contributed by atoms with E-state index in [1.165, 1.54) is 0 Å². The fraction of sp³-hybridized carbons (Fsp3) is 0.533. The quantitative estimate of drug-likeness (QED) is 0.385. The van der Waals surface area contributed by atoms with Crippen molar-refractivity contribution in [3.05, 3.63) is 29.8 Å². The monoisotopic (exact) mass is 278 g/mol. The smallest absolute Gasteiger partial charge is 0.251 e. The van der Waals surface area contributed by atoms with Crippen LogP contribution in [0.15, 0.2) is 24.3 Å². The van der Waals surface area contributed by atoms with E-state index in [9.17, 15) is 4.79 Å². The second kappa shape index (κ2) is 8.55. The standard InChI is InChI=1S/C15H26N4O/c1-12(2)19(3)11-5-4-10-17-15(20)13-6-8-14(18-16)9-7-13/h6-9,12,18H,4-5,10-11,16H2,1-3H3,(H,17,20). The molecule has 0 spiro atoms. The van der Waals surface area contributed by atoms with Gasteiger partial charge in [0.2, 0.25) is 0 Å². The molecule has 1 aromatic rings. The zero-order valence-electron chi connectivity index (χ0n) is 12.6. The number of benzene rings is 1. The second-order valence-corrected chi connectivity index (χ2v) is 5.26. The number of hydrogen-bond donors (Lipinski definition) is 3. The highest BCUT2D eigenvalue weighted by Gasteiger charge is 2.05. The van der Waals surface area contributed by atoms with Gasteiger partial charge in [-0.1, -0.05) is 0 Å². The average Bonchev–Trinajstić information content (AvgIpc) is 2.46. The van der Waals surface area contributed by atoms with Gasteiger partial charge in [0.05, 0.1) is 0 Å². The number of nitrogen functional groups attached to an aromatic ring is 1. The summed E-state index contributed by atoms with van der Waals surface area (Å²) in [7, 11) is 2.12. The van der Waals surface area contributed by atoms with Crippen LogP contribution in [0.25, 0.3) is 0 Å². The van der Waals surface area contributed by atoms with Crippen LogP contribution in [0.5, 0.6) is 0 Å². The van der Waals surface area contributed by atoms with Gasteiger partial charge in [-0.25, -0.2) is 0 Å². The number of amides is 1. The van der Waals surface area contributed by atoms with Crippen LogP contribution in [0.2, 0.25) is 0 Å². The summed E-state index contributed by atoms with van der Waals surface area (Å²) in [5.74, 6) is 5.24. The Balaban J connectivity index is 2.22. The number of unbranched alkanes of at least 4 members (excludes halogenated alkanes) is 1. The molecule has 0 saturated carbocycles. The molecule has 0 radical (unpaired) electrons. The van der Waals surface area contributed by atoms with E-state index in [1.807, 2.05) is 0 Å². The third-order valence-corrected chi connectivity index (χ3v) is 3.42. The molecule has 1 rings (SSSR count). The highest BCUT2D eigenvalue weighted by molar-refractivity contribution is 5.94. The number of hydrazine groups is 1. The van der Waals surface area contributed by atoms with Gasteiger partial charge in [0, 0.05) is 23.8 Å². The third-order valence-electron chi connectivity index (χ3n) is 3.42. The lowest BCUT2D eigenvalue weighted by Gasteiger charge is -2.20. The number of rotatable bonds is 8. The number of nitrogens with one attached hydrogen (secondary N) is 2. The van der Waals surface area contributed by atoms with E-state index in [0.29, 0.717) is 18.2 Å². The van der Waals surface area contributed by atoms with E-state index >= 15 is 0 Å². The summed E-state index contributed by atoms with van der Waals surface area (Å²) < 4.78 is 0. The van der Waals surface area contributed by atoms with Crippen molar-refractivity contribution in [2.45, 2.75) is 32.7 Å².